The van der Waals surface area contributed by atoms with Gasteiger partial charge in [0.05, 0.1) is 0 Å². The van der Waals surface area contributed by atoms with Crippen molar-refractivity contribution in [1.82, 2.24) is 0 Å². The summed E-state index contributed by atoms with van der Waals surface area (Å²) in [6, 6.07) is 12.5. The molecular formula is C12H8S3. The van der Waals surface area contributed by atoms with Crippen LogP contribution in [0.2, 0.25) is 0 Å². The van der Waals surface area contributed by atoms with Gasteiger partial charge in [0.2, 0.25) is 0 Å². The van der Waals surface area contributed by atoms with Gasteiger partial charge >= 0.3 is 0 Å². The summed E-state index contributed by atoms with van der Waals surface area (Å²) in [5.74, 6) is 0. The van der Waals surface area contributed by atoms with Gasteiger partial charge in [-0.3, -0.25) is 0 Å². The van der Waals surface area contributed by atoms with Crippen molar-refractivity contribution in [3.63, 3.8) is 0 Å². The minimum Gasteiger partial charge on any atom is -0.143 e. The highest BCUT2D eigenvalue weighted by molar-refractivity contribution is 7.80. The first-order valence-electron chi connectivity index (χ1n) is 4.58. The molecule has 3 heteroatoms. The highest BCUT2D eigenvalue weighted by Crippen LogP contribution is 2.35. The van der Waals surface area contributed by atoms with E-state index in [4.69, 9.17) is 0 Å². The number of rotatable bonds is 0. The third-order valence-corrected chi connectivity index (χ3v) is 4.14. The standard InChI is InChI=1S/C12H8S3/c13-7-1-3-11-9(5-7)10-6-8(14)2-4-12(10)15-11/h1-6,13-14H. The molecule has 0 unspecified atom stereocenters. The van der Waals surface area contributed by atoms with Gasteiger partial charge in [-0.25, -0.2) is 0 Å². The molecule has 0 amide bonds. The van der Waals surface area contributed by atoms with Crippen molar-refractivity contribution in [1.29, 1.82) is 0 Å². The van der Waals surface area contributed by atoms with Gasteiger partial charge in [0, 0.05) is 30.0 Å². The Morgan fingerprint density at radius 2 is 1.20 bits per heavy atom. The van der Waals surface area contributed by atoms with Gasteiger partial charge in [0.25, 0.3) is 0 Å². The number of hydrogen-bond acceptors (Lipinski definition) is 3. The molecule has 0 saturated carbocycles. The van der Waals surface area contributed by atoms with E-state index >= 15 is 0 Å². The maximum Gasteiger partial charge on any atom is 0.0356 e. The molecule has 0 aliphatic heterocycles. The fourth-order valence-corrected chi connectivity index (χ4v) is 3.23. The summed E-state index contributed by atoms with van der Waals surface area (Å²) in [7, 11) is 0. The Hall–Kier alpha value is -0.640. The molecule has 0 aliphatic carbocycles. The van der Waals surface area contributed by atoms with Crippen LogP contribution in [-0.4, -0.2) is 0 Å². The van der Waals surface area contributed by atoms with Gasteiger partial charge in [-0.2, -0.15) is 0 Å². The van der Waals surface area contributed by atoms with Crippen molar-refractivity contribution < 1.29 is 0 Å². The van der Waals surface area contributed by atoms with Crippen molar-refractivity contribution in [2.75, 3.05) is 0 Å². The molecule has 15 heavy (non-hydrogen) atoms. The van der Waals surface area contributed by atoms with Crippen LogP contribution in [0, 0.1) is 0 Å². The van der Waals surface area contributed by atoms with Crippen LogP contribution in [0.25, 0.3) is 20.2 Å². The molecule has 0 bridgehead atoms. The highest BCUT2D eigenvalue weighted by Gasteiger charge is 2.04. The molecule has 3 rings (SSSR count). The topological polar surface area (TPSA) is 0 Å². The Morgan fingerprint density at radius 1 is 0.733 bits per heavy atom. The molecular weight excluding hydrogens is 240 g/mol. The molecule has 1 aromatic heterocycles. The first kappa shape index (κ1) is 9.58. The zero-order chi connectivity index (χ0) is 10.4. The van der Waals surface area contributed by atoms with E-state index in [1.807, 2.05) is 23.5 Å². The molecule has 0 spiro atoms. The predicted octanol–water partition coefficient (Wildman–Crippen LogP) is 4.63. The Bertz CT molecular complexity index is 596. The van der Waals surface area contributed by atoms with Crippen molar-refractivity contribution in [3.8, 4) is 0 Å². The van der Waals surface area contributed by atoms with E-state index in [1.54, 1.807) is 0 Å². The van der Waals surface area contributed by atoms with E-state index in [2.05, 4.69) is 49.5 Å². The lowest BCUT2D eigenvalue weighted by Gasteiger charge is -1.94. The lowest BCUT2D eigenvalue weighted by atomic mass is 10.1. The average molecular weight is 248 g/mol. The zero-order valence-corrected chi connectivity index (χ0v) is 10.4. The molecule has 0 fully saturated rings. The predicted molar refractivity (Wildman–Crippen MR) is 73.8 cm³/mol. The molecule has 0 saturated heterocycles. The van der Waals surface area contributed by atoms with Gasteiger partial charge in [-0.15, -0.1) is 36.6 Å². The number of benzene rings is 2. The number of fused-ring (bicyclic) bond motifs is 3. The van der Waals surface area contributed by atoms with Crippen molar-refractivity contribution in [3.05, 3.63) is 36.4 Å². The second-order valence-corrected chi connectivity index (χ2v) is 5.58. The van der Waals surface area contributed by atoms with E-state index in [-0.39, 0.29) is 0 Å². The van der Waals surface area contributed by atoms with Gasteiger partial charge in [0.15, 0.2) is 0 Å². The molecule has 0 N–H and O–H groups in total. The lowest BCUT2D eigenvalue weighted by molar-refractivity contribution is 1.53. The van der Waals surface area contributed by atoms with Gasteiger partial charge in [-0.1, -0.05) is 0 Å². The summed E-state index contributed by atoms with van der Waals surface area (Å²) < 4.78 is 2.61. The smallest absolute Gasteiger partial charge is 0.0356 e. The minimum absolute atomic E-state index is 1.01. The zero-order valence-electron chi connectivity index (χ0n) is 7.77. The van der Waals surface area contributed by atoms with Crippen LogP contribution in [0.4, 0.5) is 0 Å². The van der Waals surface area contributed by atoms with Gasteiger partial charge in [-0.05, 0) is 36.4 Å². The largest absolute Gasteiger partial charge is 0.143 e. The molecule has 0 aliphatic rings. The van der Waals surface area contributed by atoms with Crippen LogP contribution in [-0.2, 0) is 0 Å². The first-order valence-corrected chi connectivity index (χ1v) is 6.29. The molecule has 2 aromatic carbocycles. The number of thiol groups is 2. The fourth-order valence-electron chi connectivity index (χ4n) is 1.75. The number of thiophene rings is 1. The SMILES string of the molecule is Sc1ccc2sc3ccc(S)cc3c2c1. The average Bonchev–Trinajstić information content (AvgIpc) is 2.56. The summed E-state index contributed by atoms with van der Waals surface area (Å²) in [4.78, 5) is 2.01. The quantitative estimate of drug-likeness (QED) is 0.532. The molecule has 0 radical (unpaired) electrons. The van der Waals surface area contributed by atoms with Crippen molar-refractivity contribution in [2.24, 2.45) is 0 Å². The fraction of sp³-hybridized carbons (Fsp3) is 0. The maximum absolute atomic E-state index is 4.37. The Morgan fingerprint density at radius 3 is 1.67 bits per heavy atom. The second-order valence-electron chi connectivity index (χ2n) is 3.46. The summed E-state index contributed by atoms with van der Waals surface area (Å²) >= 11 is 10.6. The van der Waals surface area contributed by atoms with Crippen LogP contribution >= 0.6 is 36.6 Å². The number of hydrogen-bond donors (Lipinski definition) is 2. The summed E-state index contributed by atoms with van der Waals surface area (Å²) in [6.45, 7) is 0. The van der Waals surface area contributed by atoms with Crippen LogP contribution in [0.5, 0.6) is 0 Å². The van der Waals surface area contributed by atoms with E-state index in [0.717, 1.165) is 9.79 Å². The van der Waals surface area contributed by atoms with Crippen LogP contribution in [0.15, 0.2) is 46.2 Å². The molecule has 74 valence electrons. The molecule has 3 aromatic rings. The summed E-state index contributed by atoms with van der Waals surface area (Å²) in [6.07, 6.45) is 0. The minimum atomic E-state index is 1.01. The van der Waals surface area contributed by atoms with E-state index in [9.17, 15) is 0 Å². The molecule has 0 nitrogen and oxygen atoms in total. The lowest BCUT2D eigenvalue weighted by Crippen LogP contribution is -1.68. The first-order chi connectivity index (χ1) is 7.24. The van der Waals surface area contributed by atoms with E-state index in [0.29, 0.717) is 0 Å². The third-order valence-electron chi connectivity index (χ3n) is 2.44. The van der Waals surface area contributed by atoms with Crippen LogP contribution in [0.3, 0.4) is 0 Å². The summed E-state index contributed by atoms with van der Waals surface area (Å²) in [5.41, 5.74) is 0. The second kappa shape index (κ2) is 3.44. The summed E-state index contributed by atoms with van der Waals surface area (Å²) in [5, 5.41) is 2.55. The van der Waals surface area contributed by atoms with Crippen LogP contribution < -0.4 is 0 Å². The molecule has 0 atom stereocenters. The third kappa shape index (κ3) is 1.55. The van der Waals surface area contributed by atoms with Crippen LogP contribution in [0.1, 0.15) is 0 Å². The Kier molecular flexibility index (Phi) is 2.20. The van der Waals surface area contributed by atoms with Crippen molar-refractivity contribution in [2.45, 2.75) is 9.79 Å². The van der Waals surface area contributed by atoms with Crippen molar-refractivity contribution >= 4 is 56.8 Å². The molecule has 1 heterocycles. The Labute approximate surface area is 103 Å². The highest BCUT2D eigenvalue weighted by atomic mass is 32.1. The normalized spacial score (nSPS) is 11.3. The van der Waals surface area contributed by atoms with Gasteiger partial charge in [0.1, 0.15) is 0 Å². The Balaban J connectivity index is 2.55. The van der Waals surface area contributed by atoms with Gasteiger partial charge < -0.3 is 0 Å². The maximum atomic E-state index is 4.37. The van der Waals surface area contributed by atoms with E-state index in [1.165, 1.54) is 20.2 Å². The van der Waals surface area contributed by atoms with E-state index < -0.39 is 0 Å². The monoisotopic (exact) mass is 248 g/mol.